The molecule has 0 fully saturated rings. The number of aliphatic hydroxyl groups is 1. The van der Waals surface area contributed by atoms with Crippen LogP contribution in [0.1, 0.15) is 46.2 Å². The second-order valence-electron chi connectivity index (χ2n) is 7.15. The van der Waals surface area contributed by atoms with Crippen LogP contribution in [0.4, 0.5) is 10.5 Å². The fourth-order valence-electron chi connectivity index (χ4n) is 2.35. The van der Waals surface area contributed by atoms with Gasteiger partial charge in [-0.1, -0.05) is 12.1 Å². The largest absolute Gasteiger partial charge is 0.458 e. The van der Waals surface area contributed by atoms with Gasteiger partial charge in [-0.25, -0.2) is 9.59 Å². The molecule has 9 nitrogen and oxygen atoms in total. The number of hydrogen-bond acceptors (Lipinski definition) is 6. The van der Waals surface area contributed by atoms with Crippen LogP contribution in [0.2, 0.25) is 0 Å². The van der Waals surface area contributed by atoms with Crippen LogP contribution in [-0.4, -0.2) is 51.7 Å². The smallest absolute Gasteiger partial charge is 0.328 e. The number of ether oxygens (including phenoxy) is 1. The van der Waals surface area contributed by atoms with Crippen molar-refractivity contribution in [3.05, 3.63) is 39.9 Å². The molecule has 27 heavy (non-hydrogen) atoms. The molecule has 0 radical (unpaired) electrons. The predicted octanol–water partition coefficient (Wildman–Crippen LogP) is 2.39. The Morgan fingerprint density at radius 2 is 1.81 bits per heavy atom. The molecule has 0 saturated heterocycles. The van der Waals surface area contributed by atoms with E-state index in [0.717, 1.165) is 0 Å². The van der Waals surface area contributed by atoms with Crippen LogP contribution in [0.3, 0.4) is 0 Å². The SMILES string of the molecule is CC(c1ccc([N+](=O)[O-])cc1)N(CCO)C(=O)N[C@@H](C)C(=O)OC(C)(C)C. The monoisotopic (exact) mass is 381 g/mol. The van der Waals surface area contributed by atoms with E-state index < -0.39 is 34.6 Å². The lowest BCUT2D eigenvalue weighted by molar-refractivity contribution is -0.384. The Morgan fingerprint density at radius 1 is 1.26 bits per heavy atom. The van der Waals surface area contributed by atoms with Crippen molar-refractivity contribution in [2.24, 2.45) is 0 Å². The Hall–Kier alpha value is -2.68. The first-order valence-corrected chi connectivity index (χ1v) is 8.61. The summed E-state index contributed by atoms with van der Waals surface area (Å²) in [6, 6.07) is 3.92. The summed E-state index contributed by atoms with van der Waals surface area (Å²) in [6.07, 6.45) is 0. The zero-order valence-corrected chi connectivity index (χ0v) is 16.3. The average Bonchev–Trinajstić information content (AvgIpc) is 2.57. The van der Waals surface area contributed by atoms with Crippen LogP contribution in [0.25, 0.3) is 0 Å². The first kappa shape index (κ1) is 22.4. The maximum atomic E-state index is 12.6. The lowest BCUT2D eigenvalue weighted by Crippen LogP contribution is -2.49. The number of carbonyl (C=O) groups excluding carboxylic acids is 2. The van der Waals surface area contributed by atoms with Gasteiger partial charge in [-0.15, -0.1) is 0 Å². The number of benzene rings is 1. The zero-order chi connectivity index (χ0) is 20.8. The summed E-state index contributed by atoms with van der Waals surface area (Å²) in [6.45, 7) is 8.20. The number of nitrogens with zero attached hydrogens (tertiary/aromatic N) is 2. The summed E-state index contributed by atoms with van der Waals surface area (Å²) in [4.78, 5) is 36.2. The van der Waals surface area contributed by atoms with Gasteiger partial charge in [-0.2, -0.15) is 0 Å². The van der Waals surface area contributed by atoms with Crippen LogP contribution in [0.15, 0.2) is 24.3 Å². The molecule has 2 amide bonds. The number of hydrogen-bond donors (Lipinski definition) is 2. The van der Waals surface area contributed by atoms with Gasteiger partial charge in [0.05, 0.1) is 17.6 Å². The molecule has 0 heterocycles. The highest BCUT2D eigenvalue weighted by molar-refractivity contribution is 5.83. The fourth-order valence-corrected chi connectivity index (χ4v) is 2.35. The maximum Gasteiger partial charge on any atom is 0.328 e. The van der Waals surface area contributed by atoms with E-state index in [9.17, 15) is 24.8 Å². The summed E-state index contributed by atoms with van der Waals surface area (Å²) in [7, 11) is 0. The summed E-state index contributed by atoms with van der Waals surface area (Å²) in [5.74, 6) is -0.567. The van der Waals surface area contributed by atoms with E-state index in [4.69, 9.17) is 4.74 Å². The number of aliphatic hydroxyl groups excluding tert-OH is 1. The molecular formula is C18H27N3O6. The zero-order valence-electron chi connectivity index (χ0n) is 16.3. The summed E-state index contributed by atoms with van der Waals surface area (Å²) in [5, 5.41) is 22.6. The minimum Gasteiger partial charge on any atom is -0.458 e. The van der Waals surface area contributed by atoms with Crippen LogP contribution in [0.5, 0.6) is 0 Å². The van der Waals surface area contributed by atoms with E-state index in [1.165, 1.54) is 24.0 Å². The van der Waals surface area contributed by atoms with Gasteiger partial charge < -0.3 is 20.1 Å². The molecule has 0 aliphatic rings. The van der Waals surface area contributed by atoms with Gasteiger partial charge in [-0.05, 0) is 40.2 Å². The van der Waals surface area contributed by atoms with Crippen molar-refractivity contribution in [1.82, 2.24) is 10.2 Å². The fraction of sp³-hybridized carbons (Fsp3) is 0.556. The minimum absolute atomic E-state index is 0.0328. The van der Waals surface area contributed by atoms with Crippen molar-refractivity contribution >= 4 is 17.7 Å². The highest BCUT2D eigenvalue weighted by Crippen LogP contribution is 2.23. The van der Waals surface area contributed by atoms with Crippen molar-refractivity contribution < 1.29 is 24.4 Å². The molecule has 2 atom stereocenters. The van der Waals surface area contributed by atoms with E-state index in [0.29, 0.717) is 5.56 Å². The number of esters is 1. The van der Waals surface area contributed by atoms with Gasteiger partial charge in [0, 0.05) is 18.7 Å². The number of non-ortho nitro benzene ring substituents is 1. The number of amides is 2. The van der Waals surface area contributed by atoms with E-state index in [1.54, 1.807) is 39.8 Å². The number of nitro groups is 1. The van der Waals surface area contributed by atoms with Crippen LogP contribution in [-0.2, 0) is 9.53 Å². The Morgan fingerprint density at radius 3 is 2.26 bits per heavy atom. The molecule has 150 valence electrons. The van der Waals surface area contributed by atoms with Gasteiger partial charge in [-0.3, -0.25) is 10.1 Å². The Bertz CT molecular complexity index is 669. The molecular weight excluding hydrogens is 354 g/mol. The van der Waals surface area contributed by atoms with E-state index >= 15 is 0 Å². The van der Waals surface area contributed by atoms with Crippen molar-refractivity contribution in [2.75, 3.05) is 13.2 Å². The Labute approximate surface area is 158 Å². The molecule has 0 bridgehead atoms. The lowest BCUT2D eigenvalue weighted by Gasteiger charge is -2.30. The third-order valence-corrected chi connectivity index (χ3v) is 3.76. The van der Waals surface area contributed by atoms with Crippen molar-refractivity contribution in [1.29, 1.82) is 0 Å². The number of nitrogens with one attached hydrogen (secondary N) is 1. The summed E-state index contributed by atoms with van der Waals surface area (Å²) < 4.78 is 5.24. The Kier molecular flexibility index (Phi) is 7.71. The average molecular weight is 381 g/mol. The molecule has 9 heteroatoms. The highest BCUT2D eigenvalue weighted by Gasteiger charge is 2.27. The number of urea groups is 1. The molecule has 0 spiro atoms. The van der Waals surface area contributed by atoms with Crippen LogP contribution < -0.4 is 5.32 Å². The molecule has 1 aromatic rings. The molecule has 2 N–H and O–H groups in total. The van der Waals surface area contributed by atoms with Crippen LogP contribution >= 0.6 is 0 Å². The lowest BCUT2D eigenvalue weighted by atomic mass is 10.1. The summed E-state index contributed by atoms with van der Waals surface area (Å²) >= 11 is 0. The first-order chi connectivity index (χ1) is 12.5. The molecule has 0 saturated carbocycles. The maximum absolute atomic E-state index is 12.6. The molecule has 1 unspecified atom stereocenters. The van der Waals surface area contributed by atoms with Crippen LogP contribution in [0, 0.1) is 10.1 Å². The topological polar surface area (TPSA) is 122 Å². The highest BCUT2D eigenvalue weighted by atomic mass is 16.6. The standard InChI is InChI=1S/C18H27N3O6/c1-12(16(23)27-18(3,4)5)19-17(24)20(10-11-22)13(2)14-6-8-15(9-7-14)21(25)26/h6-9,12-13,22H,10-11H2,1-5H3,(H,19,24)/t12-,13?/m0/s1. The predicted molar refractivity (Wildman–Crippen MR) is 99.1 cm³/mol. The minimum atomic E-state index is -0.873. The molecule has 1 aromatic carbocycles. The Balaban J connectivity index is 2.87. The number of carbonyl (C=O) groups is 2. The van der Waals surface area contributed by atoms with Gasteiger partial charge in [0.25, 0.3) is 5.69 Å². The van der Waals surface area contributed by atoms with Gasteiger partial charge >= 0.3 is 12.0 Å². The van der Waals surface area contributed by atoms with Crippen molar-refractivity contribution in [3.63, 3.8) is 0 Å². The normalized spacial score (nSPS) is 13.4. The van der Waals surface area contributed by atoms with Crippen molar-refractivity contribution in [2.45, 2.75) is 52.3 Å². The molecule has 0 aromatic heterocycles. The van der Waals surface area contributed by atoms with Gasteiger partial charge in [0.15, 0.2) is 0 Å². The van der Waals surface area contributed by atoms with Crippen molar-refractivity contribution in [3.8, 4) is 0 Å². The van der Waals surface area contributed by atoms with Gasteiger partial charge in [0.1, 0.15) is 11.6 Å². The van der Waals surface area contributed by atoms with E-state index in [1.807, 2.05) is 0 Å². The van der Waals surface area contributed by atoms with E-state index in [2.05, 4.69) is 5.32 Å². The molecule has 0 aliphatic heterocycles. The second-order valence-corrected chi connectivity index (χ2v) is 7.15. The summed E-state index contributed by atoms with van der Waals surface area (Å²) in [5.41, 5.74) is -0.0656. The quantitative estimate of drug-likeness (QED) is 0.425. The molecule has 0 aliphatic carbocycles. The van der Waals surface area contributed by atoms with E-state index in [-0.39, 0.29) is 18.8 Å². The molecule has 1 rings (SSSR count). The third-order valence-electron chi connectivity index (χ3n) is 3.76. The number of nitro benzene ring substituents is 1. The first-order valence-electron chi connectivity index (χ1n) is 8.61. The second kappa shape index (κ2) is 9.31. The number of rotatable bonds is 7. The third kappa shape index (κ3) is 6.86. The van der Waals surface area contributed by atoms with Gasteiger partial charge in [0.2, 0.25) is 0 Å².